The van der Waals surface area contributed by atoms with Gasteiger partial charge in [0.05, 0.1) is 17.0 Å². The number of halogens is 5. The van der Waals surface area contributed by atoms with Crippen LogP contribution >= 0.6 is 11.6 Å². The highest BCUT2D eigenvalue weighted by atomic mass is 35.5. The minimum absolute atomic E-state index is 0.0298. The molecule has 1 aliphatic carbocycles. The van der Waals surface area contributed by atoms with Gasteiger partial charge in [0, 0.05) is 13.1 Å². The fourth-order valence-corrected chi connectivity index (χ4v) is 4.42. The van der Waals surface area contributed by atoms with Crippen molar-refractivity contribution in [3.63, 3.8) is 0 Å². The molecule has 1 aromatic carbocycles. The molecule has 30 heavy (non-hydrogen) atoms. The van der Waals surface area contributed by atoms with Gasteiger partial charge < -0.3 is 15.5 Å². The maximum absolute atomic E-state index is 13.6. The fraction of sp³-hybridized carbons (Fsp3) is 0.600. The lowest BCUT2D eigenvalue weighted by Gasteiger charge is -2.38. The first kappa shape index (κ1) is 22.7. The van der Waals surface area contributed by atoms with Gasteiger partial charge in [-0.15, -0.1) is 0 Å². The van der Waals surface area contributed by atoms with E-state index in [9.17, 15) is 27.2 Å². The van der Waals surface area contributed by atoms with Crippen LogP contribution in [0.4, 0.5) is 22.4 Å². The van der Waals surface area contributed by atoms with Crippen molar-refractivity contribution in [1.29, 1.82) is 0 Å². The van der Waals surface area contributed by atoms with E-state index in [2.05, 4.69) is 10.6 Å². The SMILES string of the molecule is C[C@@H]1C(=O)NCCN1C(=O)N[C@H](c1ccc(F)c(Cl)c1)C1CCC(C(F)(F)F)CC1. The molecule has 1 aliphatic heterocycles. The van der Waals surface area contributed by atoms with Gasteiger partial charge in [0.25, 0.3) is 0 Å². The lowest BCUT2D eigenvalue weighted by Crippen LogP contribution is -2.58. The van der Waals surface area contributed by atoms with Gasteiger partial charge in [0.1, 0.15) is 11.9 Å². The lowest BCUT2D eigenvalue weighted by atomic mass is 9.76. The Kier molecular flexibility index (Phi) is 6.79. The van der Waals surface area contributed by atoms with Crippen LogP contribution < -0.4 is 10.6 Å². The van der Waals surface area contributed by atoms with Crippen LogP contribution in [0.25, 0.3) is 0 Å². The van der Waals surface area contributed by atoms with Gasteiger partial charge >= 0.3 is 12.2 Å². The largest absolute Gasteiger partial charge is 0.391 e. The molecular formula is C20H24ClF4N3O2. The van der Waals surface area contributed by atoms with E-state index < -0.39 is 36.0 Å². The van der Waals surface area contributed by atoms with Gasteiger partial charge in [0.15, 0.2) is 0 Å². The number of nitrogens with zero attached hydrogens (tertiary/aromatic N) is 1. The molecule has 0 spiro atoms. The van der Waals surface area contributed by atoms with Crippen molar-refractivity contribution >= 4 is 23.5 Å². The smallest absolute Gasteiger partial charge is 0.353 e. The third-order valence-electron chi connectivity index (χ3n) is 6.05. The number of piperazine rings is 1. The van der Waals surface area contributed by atoms with Gasteiger partial charge in [-0.25, -0.2) is 9.18 Å². The Morgan fingerprint density at radius 2 is 1.93 bits per heavy atom. The number of benzene rings is 1. The molecule has 3 amide bonds. The number of amides is 3. The molecule has 0 unspecified atom stereocenters. The van der Waals surface area contributed by atoms with Crippen molar-refractivity contribution in [3.05, 3.63) is 34.6 Å². The molecule has 1 aromatic rings. The predicted octanol–water partition coefficient (Wildman–Crippen LogP) is 4.42. The summed E-state index contributed by atoms with van der Waals surface area (Å²) >= 11 is 5.91. The van der Waals surface area contributed by atoms with Crippen molar-refractivity contribution < 1.29 is 27.2 Å². The highest BCUT2D eigenvalue weighted by Gasteiger charge is 2.43. The van der Waals surface area contributed by atoms with E-state index in [0.717, 1.165) is 0 Å². The minimum atomic E-state index is -4.24. The molecule has 10 heteroatoms. The molecule has 166 valence electrons. The van der Waals surface area contributed by atoms with E-state index >= 15 is 0 Å². The summed E-state index contributed by atoms with van der Waals surface area (Å²) in [5, 5.41) is 5.42. The van der Waals surface area contributed by atoms with Gasteiger partial charge in [-0.1, -0.05) is 17.7 Å². The van der Waals surface area contributed by atoms with Crippen molar-refractivity contribution in [2.75, 3.05) is 13.1 Å². The second-order valence-electron chi connectivity index (χ2n) is 7.91. The van der Waals surface area contributed by atoms with Crippen molar-refractivity contribution in [3.8, 4) is 0 Å². The molecule has 0 bridgehead atoms. The van der Waals surface area contributed by atoms with Gasteiger partial charge in [-0.2, -0.15) is 13.2 Å². The van der Waals surface area contributed by atoms with Crippen LogP contribution in [0.3, 0.4) is 0 Å². The predicted molar refractivity (Wildman–Crippen MR) is 103 cm³/mol. The number of carbonyl (C=O) groups is 2. The first-order chi connectivity index (χ1) is 14.1. The second kappa shape index (κ2) is 8.99. The highest BCUT2D eigenvalue weighted by Crippen LogP contribution is 2.43. The summed E-state index contributed by atoms with van der Waals surface area (Å²) < 4.78 is 52.8. The molecule has 3 rings (SSSR count). The Balaban J connectivity index is 1.80. The maximum atomic E-state index is 13.6. The molecule has 5 nitrogen and oxygen atoms in total. The van der Waals surface area contributed by atoms with Crippen LogP contribution in [0, 0.1) is 17.7 Å². The quantitative estimate of drug-likeness (QED) is 0.671. The monoisotopic (exact) mass is 449 g/mol. The summed E-state index contributed by atoms with van der Waals surface area (Å²) in [4.78, 5) is 26.2. The summed E-state index contributed by atoms with van der Waals surface area (Å²) in [6.07, 6.45) is -3.77. The minimum Gasteiger partial charge on any atom is -0.353 e. The zero-order valence-corrected chi connectivity index (χ0v) is 17.2. The number of alkyl halides is 3. The van der Waals surface area contributed by atoms with E-state index in [1.54, 1.807) is 6.92 Å². The Labute approximate surface area is 177 Å². The Bertz CT molecular complexity index is 797. The van der Waals surface area contributed by atoms with E-state index in [0.29, 0.717) is 18.7 Å². The average molecular weight is 450 g/mol. The summed E-state index contributed by atoms with van der Waals surface area (Å²) in [7, 11) is 0. The Morgan fingerprint density at radius 1 is 1.27 bits per heavy atom. The van der Waals surface area contributed by atoms with Crippen LogP contribution in [0.1, 0.15) is 44.2 Å². The molecule has 1 saturated carbocycles. The Morgan fingerprint density at radius 3 is 2.53 bits per heavy atom. The summed E-state index contributed by atoms with van der Waals surface area (Å²) in [6.45, 7) is 2.24. The first-order valence-corrected chi connectivity index (χ1v) is 10.3. The van der Waals surface area contributed by atoms with Crippen LogP contribution in [0.5, 0.6) is 0 Å². The number of nitrogens with one attached hydrogen (secondary N) is 2. The zero-order valence-electron chi connectivity index (χ0n) is 16.4. The number of carbonyl (C=O) groups excluding carboxylic acids is 2. The third kappa shape index (κ3) is 4.99. The maximum Gasteiger partial charge on any atom is 0.391 e. The summed E-state index contributed by atoms with van der Waals surface area (Å²) in [5.74, 6) is -2.51. The van der Waals surface area contributed by atoms with Crippen LogP contribution in [0.2, 0.25) is 5.02 Å². The molecule has 0 aromatic heterocycles. The second-order valence-corrected chi connectivity index (χ2v) is 8.32. The number of hydrogen-bond donors (Lipinski definition) is 2. The number of rotatable bonds is 3. The van der Waals surface area contributed by atoms with Crippen molar-refractivity contribution in [2.24, 2.45) is 11.8 Å². The molecule has 1 saturated heterocycles. The third-order valence-corrected chi connectivity index (χ3v) is 6.34. The standard InChI is InChI=1S/C20H24ClF4N3O2/c1-11-18(29)26-8-9-28(11)19(30)27-17(13-4-7-16(22)15(21)10-13)12-2-5-14(6-3-12)20(23,24)25/h4,7,10-12,14,17H,2-3,5-6,8-9H2,1H3,(H,26,29)(H,27,30)/t11-,12?,14?,17+/m1/s1. The molecule has 2 atom stereocenters. The summed E-state index contributed by atoms with van der Waals surface area (Å²) in [5.41, 5.74) is 0.527. The van der Waals surface area contributed by atoms with Gasteiger partial charge in [-0.05, 0) is 56.2 Å². The van der Waals surface area contributed by atoms with Gasteiger partial charge in [0.2, 0.25) is 5.91 Å². The molecule has 2 aliphatic rings. The molecule has 2 N–H and O–H groups in total. The van der Waals surface area contributed by atoms with Crippen molar-refractivity contribution in [1.82, 2.24) is 15.5 Å². The highest BCUT2D eigenvalue weighted by molar-refractivity contribution is 6.30. The topological polar surface area (TPSA) is 61.4 Å². The first-order valence-electron chi connectivity index (χ1n) is 9.94. The normalized spacial score (nSPS) is 26.1. The van der Waals surface area contributed by atoms with Crippen molar-refractivity contribution in [2.45, 2.75) is 50.9 Å². The average Bonchev–Trinajstić information content (AvgIpc) is 2.69. The van der Waals surface area contributed by atoms with Crippen LogP contribution in [-0.2, 0) is 4.79 Å². The zero-order chi connectivity index (χ0) is 22.1. The Hall–Kier alpha value is -2.03. The molecular weight excluding hydrogens is 426 g/mol. The van der Waals surface area contributed by atoms with E-state index in [1.807, 2.05) is 0 Å². The van der Waals surface area contributed by atoms with Crippen LogP contribution in [0.15, 0.2) is 18.2 Å². The van der Waals surface area contributed by atoms with E-state index in [1.165, 1.54) is 23.1 Å². The number of hydrogen-bond acceptors (Lipinski definition) is 2. The molecule has 0 radical (unpaired) electrons. The lowest BCUT2D eigenvalue weighted by molar-refractivity contribution is -0.184. The fourth-order valence-electron chi connectivity index (χ4n) is 4.23. The molecule has 1 heterocycles. The summed E-state index contributed by atoms with van der Waals surface area (Å²) in [6, 6.07) is 2.26. The van der Waals surface area contributed by atoms with Crippen LogP contribution in [-0.4, -0.2) is 42.1 Å². The van der Waals surface area contributed by atoms with E-state index in [4.69, 9.17) is 11.6 Å². The molecule has 2 fully saturated rings. The number of urea groups is 1. The van der Waals surface area contributed by atoms with E-state index in [-0.39, 0.29) is 42.5 Å². The van der Waals surface area contributed by atoms with Gasteiger partial charge in [-0.3, -0.25) is 4.79 Å².